The van der Waals surface area contributed by atoms with E-state index in [0.717, 1.165) is 0 Å². The second-order valence-electron chi connectivity index (χ2n) is 5.76. The van der Waals surface area contributed by atoms with Gasteiger partial charge in [-0.25, -0.2) is 4.79 Å². The van der Waals surface area contributed by atoms with Crippen LogP contribution in [0.5, 0.6) is 0 Å². The number of hydrogen-bond donors (Lipinski definition) is 3. The zero-order valence-corrected chi connectivity index (χ0v) is 12.6. The molecule has 116 valence electrons. The highest BCUT2D eigenvalue weighted by Gasteiger charge is 2.45. The monoisotopic (exact) mass is 295 g/mol. The van der Waals surface area contributed by atoms with Gasteiger partial charge in [0, 0.05) is 5.56 Å². The number of carboxylic acids is 2. The van der Waals surface area contributed by atoms with Crippen LogP contribution < -0.4 is 5.32 Å². The number of aryl methyl sites for hydroxylation is 1. The molecule has 1 aromatic rings. The van der Waals surface area contributed by atoms with Crippen molar-refractivity contribution >= 4 is 11.9 Å². The lowest BCUT2D eigenvalue weighted by molar-refractivity contribution is -0.197. The fourth-order valence-corrected chi connectivity index (χ4v) is 2.05. The number of benzene rings is 1. The molecule has 0 fully saturated rings. The summed E-state index contributed by atoms with van der Waals surface area (Å²) in [5.74, 6) is -2.44. The third-order valence-electron chi connectivity index (χ3n) is 2.77. The largest absolute Gasteiger partial charge is 0.480 e. The third-order valence-corrected chi connectivity index (χ3v) is 2.77. The Balaban J connectivity index is 3.40. The van der Waals surface area contributed by atoms with Crippen molar-refractivity contribution in [3.05, 3.63) is 35.4 Å². The summed E-state index contributed by atoms with van der Waals surface area (Å²) in [5.41, 5.74) is -1.62. The van der Waals surface area contributed by atoms with Gasteiger partial charge >= 0.3 is 11.9 Å². The standard InChI is InChI=1S/C15H21NO5/c1-10-7-5-6-8-11(10)15(13(19)20,16-9-12(17)18)21-14(2,3)4/h5-8,16H,9H2,1-4H3,(H,17,18)(H,19,20). The minimum Gasteiger partial charge on any atom is -0.480 e. The first-order valence-electron chi connectivity index (χ1n) is 6.55. The van der Waals surface area contributed by atoms with Crippen LogP contribution in [0.4, 0.5) is 0 Å². The Morgan fingerprint density at radius 2 is 1.76 bits per heavy atom. The molecular formula is C15H21NO5. The molecule has 0 radical (unpaired) electrons. The summed E-state index contributed by atoms with van der Waals surface area (Å²) in [6.45, 7) is 6.36. The minimum atomic E-state index is -1.91. The van der Waals surface area contributed by atoms with Crippen LogP contribution in [0.3, 0.4) is 0 Å². The van der Waals surface area contributed by atoms with Crippen LogP contribution in [0.2, 0.25) is 0 Å². The molecule has 1 unspecified atom stereocenters. The SMILES string of the molecule is Cc1ccccc1C(NCC(=O)O)(OC(C)(C)C)C(=O)O. The van der Waals surface area contributed by atoms with E-state index >= 15 is 0 Å². The average molecular weight is 295 g/mol. The zero-order chi connectivity index (χ0) is 16.3. The molecule has 1 atom stereocenters. The molecule has 0 spiro atoms. The lowest BCUT2D eigenvalue weighted by Crippen LogP contribution is -2.56. The molecule has 6 heteroatoms. The van der Waals surface area contributed by atoms with E-state index in [2.05, 4.69) is 5.32 Å². The van der Waals surface area contributed by atoms with E-state index < -0.39 is 29.8 Å². The molecule has 0 aliphatic rings. The van der Waals surface area contributed by atoms with E-state index in [1.807, 2.05) is 0 Å². The van der Waals surface area contributed by atoms with Crippen molar-refractivity contribution in [3.63, 3.8) is 0 Å². The van der Waals surface area contributed by atoms with Gasteiger partial charge in [0.25, 0.3) is 0 Å². The smallest absolute Gasteiger partial charge is 0.356 e. The van der Waals surface area contributed by atoms with Crippen LogP contribution in [-0.2, 0) is 20.1 Å². The molecule has 0 aromatic heterocycles. The Morgan fingerprint density at radius 1 is 1.19 bits per heavy atom. The summed E-state index contributed by atoms with van der Waals surface area (Å²) >= 11 is 0. The number of rotatable bonds is 6. The number of hydrogen-bond acceptors (Lipinski definition) is 4. The highest BCUT2D eigenvalue weighted by Crippen LogP contribution is 2.31. The lowest BCUT2D eigenvalue weighted by atomic mass is 9.96. The van der Waals surface area contributed by atoms with Gasteiger partial charge < -0.3 is 14.9 Å². The van der Waals surface area contributed by atoms with Crippen LogP contribution in [0.25, 0.3) is 0 Å². The van der Waals surface area contributed by atoms with E-state index in [4.69, 9.17) is 9.84 Å². The fraction of sp³-hybridized carbons (Fsp3) is 0.467. The Morgan fingerprint density at radius 3 is 2.19 bits per heavy atom. The molecule has 6 nitrogen and oxygen atoms in total. The van der Waals surface area contributed by atoms with E-state index in [-0.39, 0.29) is 0 Å². The van der Waals surface area contributed by atoms with E-state index in [1.54, 1.807) is 52.0 Å². The molecular weight excluding hydrogens is 274 g/mol. The second kappa shape index (κ2) is 6.24. The number of carbonyl (C=O) groups is 2. The Hall–Kier alpha value is -1.92. The molecule has 0 saturated heterocycles. The molecule has 1 rings (SSSR count). The number of carboxylic acid groups (broad SMARTS) is 2. The molecule has 3 N–H and O–H groups in total. The topological polar surface area (TPSA) is 95.9 Å². The lowest BCUT2D eigenvalue weighted by Gasteiger charge is -2.37. The number of ether oxygens (including phenoxy) is 1. The average Bonchev–Trinajstić information content (AvgIpc) is 2.33. The molecule has 21 heavy (non-hydrogen) atoms. The number of aliphatic carboxylic acids is 2. The van der Waals surface area contributed by atoms with E-state index in [0.29, 0.717) is 11.1 Å². The highest BCUT2D eigenvalue weighted by molar-refractivity contribution is 5.81. The first kappa shape index (κ1) is 17.1. The van der Waals surface area contributed by atoms with E-state index in [9.17, 15) is 14.7 Å². The molecule has 0 bridgehead atoms. The zero-order valence-electron chi connectivity index (χ0n) is 12.6. The van der Waals surface area contributed by atoms with Crippen LogP contribution >= 0.6 is 0 Å². The third kappa shape index (κ3) is 4.27. The van der Waals surface area contributed by atoms with Gasteiger partial charge in [0.2, 0.25) is 5.72 Å². The van der Waals surface area contributed by atoms with Gasteiger partial charge in [0.05, 0.1) is 12.1 Å². The Kier molecular flexibility index (Phi) is 5.09. The van der Waals surface area contributed by atoms with Gasteiger partial charge in [0.1, 0.15) is 0 Å². The number of nitrogens with one attached hydrogen (secondary N) is 1. The maximum Gasteiger partial charge on any atom is 0.356 e. The van der Waals surface area contributed by atoms with Crippen LogP contribution in [0.1, 0.15) is 31.9 Å². The summed E-state index contributed by atoms with van der Waals surface area (Å²) in [4.78, 5) is 22.7. The molecule has 0 aliphatic carbocycles. The summed E-state index contributed by atoms with van der Waals surface area (Å²) in [6.07, 6.45) is 0. The summed E-state index contributed by atoms with van der Waals surface area (Å²) in [6, 6.07) is 6.83. The highest BCUT2D eigenvalue weighted by atomic mass is 16.6. The first-order valence-corrected chi connectivity index (χ1v) is 6.55. The van der Waals surface area contributed by atoms with Gasteiger partial charge in [-0.05, 0) is 33.3 Å². The Bertz CT molecular complexity index is 535. The molecule has 0 heterocycles. The normalized spacial score (nSPS) is 14.5. The van der Waals surface area contributed by atoms with Crippen molar-refractivity contribution in [2.24, 2.45) is 0 Å². The van der Waals surface area contributed by atoms with Gasteiger partial charge in [-0.1, -0.05) is 24.3 Å². The predicted molar refractivity (Wildman–Crippen MR) is 77.0 cm³/mol. The quantitative estimate of drug-likeness (QED) is 0.692. The maximum atomic E-state index is 11.9. The Labute approximate surface area is 123 Å². The van der Waals surface area contributed by atoms with Crippen molar-refractivity contribution in [3.8, 4) is 0 Å². The van der Waals surface area contributed by atoms with Crippen LogP contribution in [0, 0.1) is 6.92 Å². The van der Waals surface area contributed by atoms with Crippen molar-refractivity contribution in [1.29, 1.82) is 0 Å². The van der Waals surface area contributed by atoms with Crippen LogP contribution in [0.15, 0.2) is 24.3 Å². The molecule has 1 aromatic carbocycles. The summed E-state index contributed by atoms with van der Waals surface area (Å²) < 4.78 is 5.73. The van der Waals surface area contributed by atoms with Gasteiger partial charge in [-0.15, -0.1) is 0 Å². The van der Waals surface area contributed by atoms with Gasteiger partial charge in [-0.3, -0.25) is 10.1 Å². The van der Waals surface area contributed by atoms with Crippen molar-refractivity contribution in [2.75, 3.05) is 6.54 Å². The predicted octanol–water partition coefficient (Wildman–Crippen LogP) is 1.72. The van der Waals surface area contributed by atoms with Crippen molar-refractivity contribution in [2.45, 2.75) is 39.0 Å². The van der Waals surface area contributed by atoms with Gasteiger partial charge in [-0.2, -0.15) is 0 Å². The first-order chi connectivity index (χ1) is 9.58. The molecule has 0 aliphatic heterocycles. The molecule has 0 amide bonds. The van der Waals surface area contributed by atoms with Crippen molar-refractivity contribution in [1.82, 2.24) is 5.32 Å². The van der Waals surface area contributed by atoms with E-state index in [1.165, 1.54) is 0 Å². The maximum absolute atomic E-state index is 11.9. The minimum absolute atomic E-state index is 0.383. The van der Waals surface area contributed by atoms with Gasteiger partial charge in [0.15, 0.2) is 0 Å². The summed E-state index contributed by atoms with van der Waals surface area (Å²) in [5, 5.41) is 21.1. The summed E-state index contributed by atoms with van der Waals surface area (Å²) in [7, 11) is 0. The molecule has 0 saturated carbocycles. The van der Waals surface area contributed by atoms with Crippen LogP contribution in [-0.4, -0.2) is 34.3 Å². The fourth-order valence-electron chi connectivity index (χ4n) is 2.05. The second-order valence-corrected chi connectivity index (χ2v) is 5.76. The van der Waals surface area contributed by atoms with Crippen molar-refractivity contribution < 1.29 is 24.5 Å².